The van der Waals surface area contributed by atoms with E-state index in [1.165, 1.54) is 43.2 Å². The molecule has 0 spiro atoms. The Morgan fingerprint density at radius 2 is 2.00 bits per heavy atom. The van der Waals surface area contributed by atoms with Gasteiger partial charge in [-0.2, -0.15) is 0 Å². The van der Waals surface area contributed by atoms with Gasteiger partial charge in [-0.3, -0.25) is 11.3 Å². The number of rotatable bonds is 3. The van der Waals surface area contributed by atoms with Crippen molar-refractivity contribution in [2.24, 2.45) is 11.8 Å². The summed E-state index contributed by atoms with van der Waals surface area (Å²) in [5, 5.41) is 0. The summed E-state index contributed by atoms with van der Waals surface area (Å²) in [6.07, 6.45) is 6.65. The van der Waals surface area contributed by atoms with E-state index in [4.69, 9.17) is 5.84 Å². The Bertz CT molecular complexity index is 372. The molecule has 0 amide bonds. The molecule has 1 aromatic rings. The molecular formula is C14H21BrN2. The van der Waals surface area contributed by atoms with Crippen molar-refractivity contribution in [3.05, 3.63) is 33.8 Å². The summed E-state index contributed by atoms with van der Waals surface area (Å²) in [5.74, 6) is 6.47. The van der Waals surface area contributed by atoms with E-state index in [1.54, 1.807) is 0 Å². The number of halogens is 1. The van der Waals surface area contributed by atoms with Crippen LogP contribution in [0.3, 0.4) is 0 Å². The van der Waals surface area contributed by atoms with Gasteiger partial charge in [-0.25, -0.2) is 0 Å². The molecule has 3 heteroatoms. The number of benzene rings is 1. The summed E-state index contributed by atoms with van der Waals surface area (Å²) in [6.45, 7) is 2.16. The minimum atomic E-state index is 0.299. The minimum Gasteiger partial charge on any atom is -0.271 e. The third kappa shape index (κ3) is 3.09. The predicted octanol–water partition coefficient (Wildman–Crippen LogP) is 3.84. The fourth-order valence-electron chi connectivity index (χ4n) is 2.89. The number of hydrazine groups is 1. The van der Waals surface area contributed by atoms with E-state index >= 15 is 0 Å². The summed E-state index contributed by atoms with van der Waals surface area (Å²) in [6, 6.07) is 6.75. The molecule has 0 heterocycles. The Hall–Kier alpha value is -0.380. The van der Waals surface area contributed by atoms with Gasteiger partial charge in [0.25, 0.3) is 0 Å². The van der Waals surface area contributed by atoms with Crippen molar-refractivity contribution in [2.45, 2.75) is 45.1 Å². The van der Waals surface area contributed by atoms with Crippen molar-refractivity contribution in [1.82, 2.24) is 5.43 Å². The third-order valence-corrected chi connectivity index (χ3v) is 4.37. The second-order valence-electron chi connectivity index (χ2n) is 5.04. The number of nitrogens with one attached hydrogen (secondary N) is 1. The van der Waals surface area contributed by atoms with Gasteiger partial charge in [0.15, 0.2) is 0 Å². The molecule has 1 fully saturated rings. The highest BCUT2D eigenvalue weighted by molar-refractivity contribution is 9.10. The van der Waals surface area contributed by atoms with Crippen LogP contribution in [-0.2, 0) is 0 Å². The summed E-state index contributed by atoms with van der Waals surface area (Å²) in [7, 11) is 0. The molecule has 0 aromatic heterocycles. The Morgan fingerprint density at radius 1 is 1.29 bits per heavy atom. The van der Waals surface area contributed by atoms with E-state index in [9.17, 15) is 0 Å². The van der Waals surface area contributed by atoms with Gasteiger partial charge < -0.3 is 0 Å². The van der Waals surface area contributed by atoms with E-state index in [1.807, 2.05) is 0 Å². The Balaban J connectivity index is 2.24. The molecule has 0 radical (unpaired) electrons. The average molecular weight is 297 g/mol. The molecular weight excluding hydrogens is 276 g/mol. The highest BCUT2D eigenvalue weighted by atomic mass is 79.9. The number of hydrogen-bond donors (Lipinski definition) is 2. The average Bonchev–Trinajstić information content (AvgIpc) is 2.36. The molecule has 1 saturated carbocycles. The lowest BCUT2D eigenvalue weighted by Crippen LogP contribution is -2.35. The molecule has 0 aliphatic heterocycles. The predicted molar refractivity (Wildman–Crippen MR) is 75.5 cm³/mol. The van der Waals surface area contributed by atoms with Crippen molar-refractivity contribution < 1.29 is 0 Å². The van der Waals surface area contributed by atoms with Gasteiger partial charge in [-0.05, 0) is 48.9 Å². The van der Waals surface area contributed by atoms with E-state index in [2.05, 4.69) is 46.5 Å². The van der Waals surface area contributed by atoms with Crippen LogP contribution in [0.5, 0.6) is 0 Å². The summed E-state index contributed by atoms with van der Waals surface area (Å²) in [4.78, 5) is 0. The summed E-state index contributed by atoms with van der Waals surface area (Å²) in [5.41, 5.74) is 5.70. The lowest BCUT2D eigenvalue weighted by Gasteiger charge is -2.31. The number of nitrogens with two attached hydrogens (primary N) is 1. The third-order valence-electron chi connectivity index (χ3n) is 3.88. The number of aryl methyl sites for hydroxylation is 1. The first kappa shape index (κ1) is 13.1. The first-order chi connectivity index (χ1) is 8.22. The van der Waals surface area contributed by atoms with Gasteiger partial charge in [-0.1, -0.05) is 41.3 Å². The molecule has 94 valence electrons. The summed E-state index contributed by atoms with van der Waals surface area (Å²) < 4.78 is 1.13. The molecule has 1 aromatic carbocycles. The number of hydrogen-bond acceptors (Lipinski definition) is 2. The zero-order valence-corrected chi connectivity index (χ0v) is 12.0. The molecule has 2 rings (SSSR count). The van der Waals surface area contributed by atoms with Gasteiger partial charge in [0.2, 0.25) is 0 Å². The molecule has 1 unspecified atom stereocenters. The molecule has 1 atom stereocenters. The van der Waals surface area contributed by atoms with Gasteiger partial charge in [0, 0.05) is 10.5 Å². The second kappa shape index (κ2) is 5.98. The fourth-order valence-corrected chi connectivity index (χ4v) is 3.27. The highest BCUT2D eigenvalue weighted by Crippen LogP contribution is 2.35. The molecule has 1 aliphatic rings. The molecule has 2 nitrogen and oxygen atoms in total. The standard InChI is InChI=1S/C14H21BrN2/c1-10-7-8-12(15)9-13(10)14(17-16)11-5-3-2-4-6-11/h7-9,11,14,17H,2-6,16H2,1H3. The molecule has 17 heavy (non-hydrogen) atoms. The molecule has 0 bridgehead atoms. The van der Waals surface area contributed by atoms with Crippen LogP contribution >= 0.6 is 15.9 Å². The summed E-state index contributed by atoms with van der Waals surface area (Å²) >= 11 is 3.55. The van der Waals surface area contributed by atoms with Crippen molar-refractivity contribution >= 4 is 15.9 Å². The zero-order valence-electron chi connectivity index (χ0n) is 10.4. The van der Waals surface area contributed by atoms with Crippen LogP contribution in [0.25, 0.3) is 0 Å². The van der Waals surface area contributed by atoms with E-state index in [0.717, 1.165) is 4.47 Å². The van der Waals surface area contributed by atoms with Gasteiger partial charge in [0.1, 0.15) is 0 Å². The SMILES string of the molecule is Cc1ccc(Br)cc1C(NN)C1CCCCC1. The van der Waals surface area contributed by atoms with Crippen molar-refractivity contribution in [1.29, 1.82) is 0 Å². The van der Waals surface area contributed by atoms with E-state index in [-0.39, 0.29) is 0 Å². The highest BCUT2D eigenvalue weighted by Gasteiger charge is 2.25. The van der Waals surface area contributed by atoms with Crippen molar-refractivity contribution in [3.63, 3.8) is 0 Å². The van der Waals surface area contributed by atoms with Crippen LogP contribution in [0.15, 0.2) is 22.7 Å². The lowest BCUT2D eigenvalue weighted by atomic mass is 9.80. The van der Waals surface area contributed by atoms with E-state index < -0.39 is 0 Å². The smallest absolute Gasteiger partial charge is 0.0491 e. The van der Waals surface area contributed by atoms with Crippen LogP contribution in [-0.4, -0.2) is 0 Å². The maximum absolute atomic E-state index is 5.79. The minimum absolute atomic E-state index is 0.299. The maximum atomic E-state index is 5.79. The zero-order chi connectivity index (χ0) is 12.3. The van der Waals surface area contributed by atoms with Gasteiger partial charge in [0.05, 0.1) is 0 Å². The Kier molecular flexibility index (Phi) is 4.60. The maximum Gasteiger partial charge on any atom is 0.0491 e. The Labute approximate surface area is 112 Å². The van der Waals surface area contributed by atoms with Crippen molar-refractivity contribution in [3.8, 4) is 0 Å². The van der Waals surface area contributed by atoms with Crippen molar-refractivity contribution in [2.75, 3.05) is 0 Å². The monoisotopic (exact) mass is 296 g/mol. The van der Waals surface area contributed by atoms with Crippen LogP contribution in [0.4, 0.5) is 0 Å². The lowest BCUT2D eigenvalue weighted by molar-refractivity contribution is 0.273. The largest absolute Gasteiger partial charge is 0.271 e. The molecule has 3 N–H and O–H groups in total. The van der Waals surface area contributed by atoms with Crippen LogP contribution < -0.4 is 11.3 Å². The van der Waals surface area contributed by atoms with E-state index in [0.29, 0.717) is 12.0 Å². The second-order valence-corrected chi connectivity index (χ2v) is 5.96. The van der Waals surface area contributed by atoms with Crippen LogP contribution in [0, 0.1) is 12.8 Å². The molecule has 1 aliphatic carbocycles. The topological polar surface area (TPSA) is 38.0 Å². The van der Waals surface area contributed by atoms with Gasteiger partial charge in [-0.15, -0.1) is 0 Å². The van der Waals surface area contributed by atoms with Crippen LogP contribution in [0.1, 0.15) is 49.3 Å². The fraction of sp³-hybridized carbons (Fsp3) is 0.571. The van der Waals surface area contributed by atoms with Crippen LogP contribution in [0.2, 0.25) is 0 Å². The first-order valence-electron chi connectivity index (χ1n) is 6.44. The van der Waals surface area contributed by atoms with Gasteiger partial charge >= 0.3 is 0 Å². The molecule has 0 saturated heterocycles. The Morgan fingerprint density at radius 3 is 2.65 bits per heavy atom. The quantitative estimate of drug-likeness (QED) is 0.657. The first-order valence-corrected chi connectivity index (χ1v) is 7.24. The normalized spacial score (nSPS) is 19.2.